The topological polar surface area (TPSA) is 38.0 Å². The molecule has 72 valence electrons. The SMILES string of the molecule is CCC(NN)c1c(F)cccc1Br. The minimum absolute atomic E-state index is 0.143. The molecule has 4 heteroatoms. The van der Waals surface area contributed by atoms with Gasteiger partial charge in [0.1, 0.15) is 5.82 Å². The normalized spacial score (nSPS) is 12.9. The molecule has 0 aliphatic rings. The van der Waals surface area contributed by atoms with Crippen LogP contribution in [0.3, 0.4) is 0 Å². The van der Waals surface area contributed by atoms with Crippen LogP contribution in [0.4, 0.5) is 4.39 Å². The summed E-state index contributed by atoms with van der Waals surface area (Å²) in [6.07, 6.45) is 0.746. The molecule has 0 fully saturated rings. The van der Waals surface area contributed by atoms with Crippen LogP contribution in [0, 0.1) is 5.82 Å². The average Bonchev–Trinajstić information content (AvgIpc) is 2.11. The summed E-state index contributed by atoms with van der Waals surface area (Å²) >= 11 is 3.29. The summed E-state index contributed by atoms with van der Waals surface area (Å²) in [4.78, 5) is 0. The van der Waals surface area contributed by atoms with E-state index in [1.165, 1.54) is 6.07 Å². The molecule has 0 saturated carbocycles. The Bertz CT molecular complexity index is 267. The largest absolute Gasteiger partial charge is 0.271 e. The molecule has 2 nitrogen and oxygen atoms in total. The van der Waals surface area contributed by atoms with Crippen LogP contribution in [0.2, 0.25) is 0 Å². The van der Waals surface area contributed by atoms with Gasteiger partial charge in [0.25, 0.3) is 0 Å². The first-order valence-electron chi connectivity index (χ1n) is 4.10. The van der Waals surface area contributed by atoms with E-state index in [-0.39, 0.29) is 11.9 Å². The predicted molar refractivity (Wildman–Crippen MR) is 54.5 cm³/mol. The fourth-order valence-corrected chi connectivity index (χ4v) is 1.87. The van der Waals surface area contributed by atoms with Gasteiger partial charge < -0.3 is 0 Å². The summed E-state index contributed by atoms with van der Waals surface area (Å²) in [5, 5.41) is 0. The maximum Gasteiger partial charge on any atom is 0.129 e. The molecule has 0 aromatic heterocycles. The zero-order valence-corrected chi connectivity index (χ0v) is 8.94. The molecular formula is C9H12BrFN2. The Morgan fingerprint density at radius 1 is 1.62 bits per heavy atom. The van der Waals surface area contributed by atoms with Crippen molar-refractivity contribution in [3.63, 3.8) is 0 Å². The zero-order valence-electron chi connectivity index (χ0n) is 7.35. The van der Waals surface area contributed by atoms with Gasteiger partial charge in [0.15, 0.2) is 0 Å². The number of hydrogen-bond donors (Lipinski definition) is 2. The third-order valence-electron chi connectivity index (χ3n) is 1.96. The summed E-state index contributed by atoms with van der Waals surface area (Å²) in [5.41, 5.74) is 3.17. The van der Waals surface area contributed by atoms with E-state index in [1.807, 2.05) is 6.92 Å². The molecule has 0 aliphatic carbocycles. The van der Waals surface area contributed by atoms with Crippen LogP contribution in [0.15, 0.2) is 22.7 Å². The number of hydrazine groups is 1. The summed E-state index contributed by atoms with van der Waals surface area (Å²) in [6.45, 7) is 1.95. The number of hydrogen-bond acceptors (Lipinski definition) is 2. The van der Waals surface area contributed by atoms with Crippen LogP contribution in [0.5, 0.6) is 0 Å². The summed E-state index contributed by atoms with van der Waals surface area (Å²) in [7, 11) is 0. The number of nitrogens with two attached hydrogens (primary N) is 1. The Morgan fingerprint density at radius 3 is 2.77 bits per heavy atom. The number of benzene rings is 1. The van der Waals surface area contributed by atoms with E-state index >= 15 is 0 Å². The van der Waals surface area contributed by atoms with Crippen LogP contribution >= 0.6 is 15.9 Å². The van der Waals surface area contributed by atoms with E-state index in [0.717, 1.165) is 10.9 Å². The quantitative estimate of drug-likeness (QED) is 0.636. The summed E-state index contributed by atoms with van der Waals surface area (Å²) in [6, 6.07) is 4.75. The van der Waals surface area contributed by atoms with Crippen molar-refractivity contribution < 1.29 is 4.39 Å². The number of rotatable bonds is 3. The molecule has 0 amide bonds. The minimum atomic E-state index is -0.237. The van der Waals surface area contributed by atoms with E-state index in [9.17, 15) is 4.39 Å². The molecule has 0 heterocycles. The fraction of sp³-hybridized carbons (Fsp3) is 0.333. The lowest BCUT2D eigenvalue weighted by molar-refractivity contribution is 0.499. The van der Waals surface area contributed by atoms with Crippen LogP contribution < -0.4 is 11.3 Å². The maximum atomic E-state index is 13.3. The monoisotopic (exact) mass is 246 g/mol. The lowest BCUT2D eigenvalue weighted by atomic mass is 10.0. The smallest absolute Gasteiger partial charge is 0.129 e. The van der Waals surface area contributed by atoms with Gasteiger partial charge in [-0.1, -0.05) is 28.9 Å². The van der Waals surface area contributed by atoms with Gasteiger partial charge in [-0.25, -0.2) is 4.39 Å². The molecule has 1 atom stereocenters. The molecule has 0 spiro atoms. The van der Waals surface area contributed by atoms with E-state index in [1.54, 1.807) is 12.1 Å². The second kappa shape index (κ2) is 4.69. The van der Waals surface area contributed by atoms with Crippen LogP contribution in [0.25, 0.3) is 0 Å². The zero-order chi connectivity index (χ0) is 9.84. The lowest BCUT2D eigenvalue weighted by Gasteiger charge is -2.16. The Morgan fingerprint density at radius 2 is 2.31 bits per heavy atom. The highest BCUT2D eigenvalue weighted by atomic mass is 79.9. The Hall–Kier alpha value is -0.450. The Labute approximate surface area is 85.4 Å². The van der Waals surface area contributed by atoms with E-state index in [0.29, 0.717) is 5.56 Å². The number of halogens is 2. The van der Waals surface area contributed by atoms with Gasteiger partial charge in [-0.15, -0.1) is 0 Å². The summed E-state index contributed by atoms with van der Waals surface area (Å²) < 4.78 is 14.1. The molecular weight excluding hydrogens is 235 g/mol. The van der Waals surface area contributed by atoms with E-state index in [2.05, 4.69) is 21.4 Å². The van der Waals surface area contributed by atoms with E-state index < -0.39 is 0 Å². The molecule has 1 rings (SSSR count). The molecule has 1 unspecified atom stereocenters. The van der Waals surface area contributed by atoms with Gasteiger partial charge in [-0.3, -0.25) is 11.3 Å². The number of nitrogens with one attached hydrogen (secondary N) is 1. The summed E-state index contributed by atoms with van der Waals surface area (Å²) in [5.74, 6) is 5.08. The highest BCUT2D eigenvalue weighted by Gasteiger charge is 2.14. The van der Waals surface area contributed by atoms with Crippen molar-refractivity contribution in [3.05, 3.63) is 34.1 Å². The Kier molecular flexibility index (Phi) is 3.84. The van der Waals surface area contributed by atoms with Crippen molar-refractivity contribution >= 4 is 15.9 Å². The average molecular weight is 247 g/mol. The van der Waals surface area contributed by atoms with Crippen LogP contribution in [-0.4, -0.2) is 0 Å². The van der Waals surface area contributed by atoms with Crippen molar-refractivity contribution in [2.45, 2.75) is 19.4 Å². The first-order chi connectivity index (χ1) is 6.20. The third-order valence-corrected chi connectivity index (χ3v) is 2.65. The second-order valence-electron chi connectivity index (χ2n) is 2.76. The first kappa shape index (κ1) is 10.6. The van der Waals surface area contributed by atoms with Crippen LogP contribution in [0.1, 0.15) is 24.9 Å². The molecule has 3 N–H and O–H groups in total. The second-order valence-corrected chi connectivity index (χ2v) is 3.62. The highest BCUT2D eigenvalue weighted by Crippen LogP contribution is 2.27. The molecule has 0 aliphatic heterocycles. The third kappa shape index (κ3) is 2.27. The van der Waals surface area contributed by atoms with E-state index in [4.69, 9.17) is 5.84 Å². The predicted octanol–water partition coefficient (Wildman–Crippen LogP) is 2.50. The van der Waals surface area contributed by atoms with Gasteiger partial charge in [-0.05, 0) is 18.6 Å². The fourth-order valence-electron chi connectivity index (χ4n) is 1.25. The van der Waals surface area contributed by atoms with Crippen LogP contribution in [-0.2, 0) is 0 Å². The minimum Gasteiger partial charge on any atom is -0.271 e. The molecule has 13 heavy (non-hydrogen) atoms. The highest BCUT2D eigenvalue weighted by molar-refractivity contribution is 9.10. The van der Waals surface area contributed by atoms with Crippen molar-refractivity contribution in [2.75, 3.05) is 0 Å². The molecule has 1 aromatic carbocycles. The van der Waals surface area contributed by atoms with Gasteiger partial charge in [0.05, 0.1) is 0 Å². The standard InChI is InChI=1S/C9H12BrFN2/c1-2-8(13-12)9-6(10)4-3-5-7(9)11/h3-5,8,13H,2,12H2,1H3. The van der Waals surface area contributed by atoms with Crippen molar-refractivity contribution in [2.24, 2.45) is 5.84 Å². The van der Waals surface area contributed by atoms with Crippen molar-refractivity contribution in [1.82, 2.24) is 5.43 Å². The maximum absolute atomic E-state index is 13.3. The molecule has 0 bridgehead atoms. The molecule has 1 aromatic rings. The molecule has 0 radical (unpaired) electrons. The Balaban J connectivity index is 3.10. The first-order valence-corrected chi connectivity index (χ1v) is 4.90. The lowest BCUT2D eigenvalue weighted by Crippen LogP contribution is -2.28. The van der Waals surface area contributed by atoms with Gasteiger partial charge in [-0.2, -0.15) is 0 Å². The van der Waals surface area contributed by atoms with Gasteiger partial charge >= 0.3 is 0 Å². The molecule has 0 saturated heterocycles. The van der Waals surface area contributed by atoms with Crippen molar-refractivity contribution in [3.8, 4) is 0 Å². The van der Waals surface area contributed by atoms with Gasteiger partial charge in [0.2, 0.25) is 0 Å². The van der Waals surface area contributed by atoms with Gasteiger partial charge in [0, 0.05) is 16.1 Å². The van der Waals surface area contributed by atoms with Crippen molar-refractivity contribution in [1.29, 1.82) is 0 Å².